The normalized spacial score (nSPS) is 11.0. The molecule has 1 N–H and O–H groups in total. The predicted molar refractivity (Wildman–Crippen MR) is 103 cm³/mol. The molecular formula is C19H22N2O5S. The van der Waals surface area contributed by atoms with E-state index in [4.69, 9.17) is 4.74 Å². The van der Waals surface area contributed by atoms with Gasteiger partial charge in [-0.1, -0.05) is 12.1 Å². The summed E-state index contributed by atoms with van der Waals surface area (Å²) in [5, 5.41) is 2.74. The fourth-order valence-corrected chi connectivity index (χ4v) is 3.07. The van der Waals surface area contributed by atoms with E-state index < -0.39 is 9.84 Å². The number of ether oxygens (including phenoxy) is 1. The summed E-state index contributed by atoms with van der Waals surface area (Å²) in [6.07, 6.45) is 1.21. The minimum absolute atomic E-state index is 0.0764. The molecule has 0 aromatic heterocycles. The highest BCUT2D eigenvalue weighted by atomic mass is 32.2. The lowest BCUT2D eigenvalue weighted by Crippen LogP contribution is -2.22. The van der Waals surface area contributed by atoms with Gasteiger partial charge in [0.1, 0.15) is 5.75 Å². The number of nitrogens with zero attached hydrogens (tertiary/aromatic N) is 1. The second kappa shape index (κ2) is 8.22. The number of amides is 2. The Labute approximate surface area is 158 Å². The van der Waals surface area contributed by atoms with Crippen LogP contribution in [0.3, 0.4) is 0 Å². The number of hydrogen-bond acceptors (Lipinski definition) is 5. The van der Waals surface area contributed by atoms with E-state index in [1.54, 1.807) is 44.4 Å². The minimum atomic E-state index is -3.27. The van der Waals surface area contributed by atoms with Crippen molar-refractivity contribution in [3.05, 3.63) is 53.6 Å². The Balaban J connectivity index is 2.13. The SMILES string of the molecule is COc1ccc(NC(=O)Cc2ccc(S(C)(=O)=O)cc2)cc1C(=O)N(C)C. The second-order valence-electron chi connectivity index (χ2n) is 6.26. The highest BCUT2D eigenvalue weighted by Crippen LogP contribution is 2.24. The maximum Gasteiger partial charge on any atom is 0.257 e. The van der Waals surface area contributed by atoms with E-state index in [0.717, 1.165) is 6.26 Å². The van der Waals surface area contributed by atoms with E-state index in [0.29, 0.717) is 22.6 Å². The predicted octanol–water partition coefficient (Wildman–Crippen LogP) is 1.98. The first-order chi connectivity index (χ1) is 12.6. The number of carbonyl (C=O) groups is 2. The molecule has 2 rings (SSSR count). The highest BCUT2D eigenvalue weighted by molar-refractivity contribution is 7.90. The molecule has 2 amide bonds. The molecule has 8 heteroatoms. The van der Waals surface area contributed by atoms with Crippen molar-refractivity contribution in [2.45, 2.75) is 11.3 Å². The highest BCUT2D eigenvalue weighted by Gasteiger charge is 2.16. The molecule has 0 radical (unpaired) electrons. The van der Waals surface area contributed by atoms with Gasteiger partial charge in [0.15, 0.2) is 9.84 Å². The van der Waals surface area contributed by atoms with Gasteiger partial charge in [0.05, 0.1) is 24.0 Å². The molecule has 0 unspecified atom stereocenters. The zero-order chi connectivity index (χ0) is 20.2. The minimum Gasteiger partial charge on any atom is -0.496 e. The van der Waals surface area contributed by atoms with Gasteiger partial charge in [-0.15, -0.1) is 0 Å². The lowest BCUT2D eigenvalue weighted by atomic mass is 10.1. The topological polar surface area (TPSA) is 92.8 Å². The molecule has 144 valence electrons. The zero-order valence-electron chi connectivity index (χ0n) is 15.6. The molecule has 0 saturated heterocycles. The van der Waals surface area contributed by atoms with Crippen molar-refractivity contribution < 1.29 is 22.7 Å². The zero-order valence-corrected chi connectivity index (χ0v) is 16.5. The van der Waals surface area contributed by atoms with Crippen LogP contribution in [0.15, 0.2) is 47.4 Å². The molecule has 0 aliphatic carbocycles. The number of anilines is 1. The van der Waals surface area contributed by atoms with Crippen LogP contribution < -0.4 is 10.1 Å². The molecule has 0 spiro atoms. The Hall–Kier alpha value is -2.87. The molecule has 7 nitrogen and oxygen atoms in total. The Bertz CT molecular complexity index is 951. The molecule has 0 saturated carbocycles. The first kappa shape index (κ1) is 20.4. The third-order valence-corrected chi connectivity index (χ3v) is 4.96. The van der Waals surface area contributed by atoms with Gasteiger partial charge < -0.3 is 15.0 Å². The standard InChI is InChI=1S/C19H22N2O5S/c1-21(2)19(23)16-12-14(7-10-17(16)26-3)20-18(22)11-13-5-8-15(9-6-13)27(4,24)25/h5-10,12H,11H2,1-4H3,(H,20,22). The van der Waals surface area contributed by atoms with Crippen molar-refractivity contribution >= 4 is 27.3 Å². The van der Waals surface area contributed by atoms with Gasteiger partial charge in [-0.3, -0.25) is 9.59 Å². The Morgan fingerprint density at radius 2 is 1.70 bits per heavy atom. The Kier molecular flexibility index (Phi) is 6.22. The van der Waals surface area contributed by atoms with Crippen LogP contribution in [0.25, 0.3) is 0 Å². The third kappa shape index (κ3) is 5.30. The largest absolute Gasteiger partial charge is 0.496 e. The summed E-state index contributed by atoms with van der Waals surface area (Å²) in [6.45, 7) is 0. The molecule has 0 fully saturated rings. The molecule has 0 atom stereocenters. The van der Waals surface area contributed by atoms with Crippen LogP contribution in [0.4, 0.5) is 5.69 Å². The average molecular weight is 390 g/mol. The number of rotatable bonds is 6. The smallest absolute Gasteiger partial charge is 0.257 e. The van der Waals surface area contributed by atoms with E-state index in [9.17, 15) is 18.0 Å². The second-order valence-corrected chi connectivity index (χ2v) is 8.27. The van der Waals surface area contributed by atoms with Crippen molar-refractivity contribution in [2.75, 3.05) is 32.8 Å². The van der Waals surface area contributed by atoms with Gasteiger partial charge in [-0.2, -0.15) is 0 Å². The van der Waals surface area contributed by atoms with Gasteiger partial charge in [0.2, 0.25) is 5.91 Å². The fraction of sp³-hybridized carbons (Fsp3) is 0.263. The van der Waals surface area contributed by atoms with Crippen LogP contribution in [0.1, 0.15) is 15.9 Å². The summed E-state index contributed by atoms with van der Waals surface area (Å²) in [5.41, 5.74) is 1.49. The first-order valence-corrected chi connectivity index (χ1v) is 9.99. The number of methoxy groups -OCH3 is 1. The summed E-state index contributed by atoms with van der Waals surface area (Å²) in [7, 11) is 1.47. The van der Waals surface area contributed by atoms with E-state index in [2.05, 4.69) is 5.32 Å². The number of nitrogens with one attached hydrogen (secondary N) is 1. The van der Waals surface area contributed by atoms with E-state index >= 15 is 0 Å². The Morgan fingerprint density at radius 1 is 1.07 bits per heavy atom. The molecule has 27 heavy (non-hydrogen) atoms. The van der Waals surface area contributed by atoms with Crippen LogP contribution >= 0.6 is 0 Å². The molecular weight excluding hydrogens is 368 g/mol. The molecule has 2 aromatic rings. The number of hydrogen-bond donors (Lipinski definition) is 1. The van der Waals surface area contributed by atoms with Gasteiger partial charge in [0, 0.05) is 26.0 Å². The molecule has 2 aromatic carbocycles. The lowest BCUT2D eigenvalue weighted by Gasteiger charge is -2.15. The first-order valence-electron chi connectivity index (χ1n) is 8.10. The van der Waals surface area contributed by atoms with Crippen LogP contribution in [0.5, 0.6) is 5.75 Å². The fourth-order valence-electron chi connectivity index (χ4n) is 2.44. The molecule has 0 bridgehead atoms. The van der Waals surface area contributed by atoms with Crippen molar-refractivity contribution in [2.24, 2.45) is 0 Å². The van der Waals surface area contributed by atoms with E-state index in [-0.39, 0.29) is 23.1 Å². The summed E-state index contributed by atoms with van der Waals surface area (Å²) < 4.78 is 28.1. The van der Waals surface area contributed by atoms with Crippen molar-refractivity contribution in [1.82, 2.24) is 4.90 Å². The molecule has 0 heterocycles. The molecule has 0 aliphatic heterocycles. The number of carbonyl (C=O) groups excluding carboxylic acids is 2. The average Bonchev–Trinajstić information content (AvgIpc) is 2.60. The summed E-state index contributed by atoms with van der Waals surface area (Å²) in [6, 6.07) is 11.0. The van der Waals surface area contributed by atoms with Crippen LogP contribution in [-0.4, -0.2) is 52.6 Å². The quantitative estimate of drug-likeness (QED) is 0.814. The van der Waals surface area contributed by atoms with Crippen LogP contribution in [0.2, 0.25) is 0 Å². The summed E-state index contributed by atoms with van der Waals surface area (Å²) in [5.74, 6) is -0.0992. The van der Waals surface area contributed by atoms with Gasteiger partial charge >= 0.3 is 0 Å². The maximum absolute atomic E-state index is 12.3. The number of benzene rings is 2. The monoisotopic (exact) mass is 390 g/mol. The van der Waals surface area contributed by atoms with Gasteiger partial charge in [-0.05, 0) is 35.9 Å². The summed E-state index contributed by atoms with van der Waals surface area (Å²) >= 11 is 0. The van der Waals surface area contributed by atoms with Crippen LogP contribution in [-0.2, 0) is 21.1 Å². The number of sulfone groups is 1. The van der Waals surface area contributed by atoms with Gasteiger partial charge in [-0.25, -0.2) is 8.42 Å². The summed E-state index contributed by atoms with van der Waals surface area (Å²) in [4.78, 5) is 26.2. The lowest BCUT2D eigenvalue weighted by molar-refractivity contribution is -0.115. The van der Waals surface area contributed by atoms with E-state index in [1.807, 2.05) is 0 Å². The van der Waals surface area contributed by atoms with Crippen molar-refractivity contribution in [3.63, 3.8) is 0 Å². The maximum atomic E-state index is 12.3. The third-order valence-electron chi connectivity index (χ3n) is 3.84. The van der Waals surface area contributed by atoms with E-state index in [1.165, 1.54) is 24.1 Å². The molecule has 0 aliphatic rings. The van der Waals surface area contributed by atoms with Crippen molar-refractivity contribution in [3.8, 4) is 5.75 Å². The van der Waals surface area contributed by atoms with Crippen LogP contribution in [0, 0.1) is 0 Å². The Morgan fingerprint density at radius 3 is 2.22 bits per heavy atom. The van der Waals surface area contributed by atoms with Crippen molar-refractivity contribution in [1.29, 1.82) is 0 Å². The van der Waals surface area contributed by atoms with Gasteiger partial charge in [0.25, 0.3) is 5.91 Å².